The summed E-state index contributed by atoms with van der Waals surface area (Å²) in [5.74, 6) is 0.0532. The number of aromatic nitrogens is 2. The second kappa shape index (κ2) is 5.54. The zero-order valence-corrected chi connectivity index (χ0v) is 12.6. The molecule has 0 aliphatic rings. The minimum Gasteiger partial charge on any atom is -0.382 e. The lowest BCUT2D eigenvalue weighted by molar-refractivity contribution is 0.0955. The van der Waals surface area contributed by atoms with E-state index in [-0.39, 0.29) is 11.7 Å². The first-order valence-corrected chi connectivity index (χ1v) is 7.30. The SMILES string of the molecule is Cc1csc(CNC(=O)c2sc(N(C)C)nc2N)n1. The summed E-state index contributed by atoms with van der Waals surface area (Å²) in [6.07, 6.45) is 0. The minimum atomic E-state index is -0.212. The number of thiazole rings is 2. The summed E-state index contributed by atoms with van der Waals surface area (Å²) in [7, 11) is 3.72. The number of nitrogens with two attached hydrogens (primary N) is 1. The van der Waals surface area contributed by atoms with Crippen LogP contribution >= 0.6 is 22.7 Å². The lowest BCUT2D eigenvalue weighted by Gasteiger charge is -2.05. The monoisotopic (exact) mass is 297 g/mol. The number of carbonyl (C=O) groups excluding carboxylic acids is 1. The molecule has 0 fully saturated rings. The normalized spacial score (nSPS) is 10.5. The van der Waals surface area contributed by atoms with Crippen molar-refractivity contribution in [1.29, 1.82) is 0 Å². The van der Waals surface area contributed by atoms with Gasteiger partial charge in [-0.05, 0) is 6.92 Å². The Hall–Kier alpha value is -1.67. The van der Waals surface area contributed by atoms with E-state index >= 15 is 0 Å². The summed E-state index contributed by atoms with van der Waals surface area (Å²) in [6.45, 7) is 2.33. The van der Waals surface area contributed by atoms with E-state index in [2.05, 4.69) is 15.3 Å². The number of nitrogens with zero attached hydrogens (tertiary/aromatic N) is 3. The summed E-state index contributed by atoms with van der Waals surface area (Å²) in [4.78, 5) is 22.7. The summed E-state index contributed by atoms with van der Waals surface area (Å²) in [5.41, 5.74) is 6.71. The first-order valence-electron chi connectivity index (χ1n) is 5.60. The molecular formula is C11H15N5OS2. The van der Waals surface area contributed by atoms with Gasteiger partial charge in [0.05, 0.1) is 6.54 Å². The van der Waals surface area contributed by atoms with Gasteiger partial charge in [-0.2, -0.15) is 0 Å². The Bertz CT molecular complexity index is 590. The van der Waals surface area contributed by atoms with Gasteiger partial charge in [-0.3, -0.25) is 4.79 Å². The maximum atomic E-state index is 12.0. The molecule has 1 amide bonds. The van der Waals surface area contributed by atoms with Gasteiger partial charge in [0.2, 0.25) is 0 Å². The Kier molecular flexibility index (Phi) is 4.01. The molecule has 19 heavy (non-hydrogen) atoms. The fraction of sp³-hybridized carbons (Fsp3) is 0.364. The molecule has 0 aliphatic heterocycles. The lowest BCUT2D eigenvalue weighted by Crippen LogP contribution is -2.22. The molecule has 0 unspecified atom stereocenters. The van der Waals surface area contributed by atoms with Crippen LogP contribution in [0.15, 0.2) is 5.38 Å². The number of carbonyl (C=O) groups is 1. The van der Waals surface area contributed by atoms with Gasteiger partial charge in [0.15, 0.2) is 5.13 Å². The number of amides is 1. The van der Waals surface area contributed by atoms with E-state index in [1.54, 1.807) is 0 Å². The quantitative estimate of drug-likeness (QED) is 0.893. The lowest BCUT2D eigenvalue weighted by atomic mass is 10.4. The highest BCUT2D eigenvalue weighted by Gasteiger charge is 2.17. The molecule has 0 bridgehead atoms. The van der Waals surface area contributed by atoms with Crippen molar-refractivity contribution in [3.8, 4) is 0 Å². The van der Waals surface area contributed by atoms with Crippen LogP contribution in [0.1, 0.15) is 20.4 Å². The van der Waals surface area contributed by atoms with Crippen molar-refractivity contribution in [3.05, 3.63) is 21.0 Å². The van der Waals surface area contributed by atoms with E-state index in [0.717, 1.165) is 10.7 Å². The molecule has 2 heterocycles. The Morgan fingerprint density at radius 1 is 1.47 bits per heavy atom. The summed E-state index contributed by atoms with van der Waals surface area (Å²) >= 11 is 2.80. The molecule has 0 radical (unpaired) electrons. The highest BCUT2D eigenvalue weighted by Crippen LogP contribution is 2.26. The molecule has 2 aromatic rings. The van der Waals surface area contributed by atoms with Gasteiger partial charge in [0, 0.05) is 25.2 Å². The van der Waals surface area contributed by atoms with E-state index in [1.807, 2.05) is 31.3 Å². The van der Waals surface area contributed by atoms with Crippen LogP contribution in [-0.2, 0) is 6.54 Å². The fourth-order valence-electron chi connectivity index (χ4n) is 1.39. The number of anilines is 2. The van der Waals surface area contributed by atoms with E-state index in [1.165, 1.54) is 22.7 Å². The number of aryl methyl sites for hydroxylation is 1. The predicted octanol–water partition coefficient (Wildman–Crippen LogP) is 1.49. The van der Waals surface area contributed by atoms with Crippen LogP contribution in [-0.4, -0.2) is 30.0 Å². The van der Waals surface area contributed by atoms with Crippen LogP contribution in [0.3, 0.4) is 0 Å². The highest BCUT2D eigenvalue weighted by atomic mass is 32.1. The van der Waals surface area contributed by atoms with E-state index in [9.17, 15) is 4.79 Å². The molecule has 2 rings (SSSR count). The molecule has 0 saturated heterocycles. The average molecular weight is 297 g/mol. The fourth-order valence-corrected chi connectivity index (χ4v) is 2.93. The number of hydrogen-bond acceptors (Lipinski definition) is 7. The molecule has 0 spiro atoms. The zero-order chi connectivity index (χ0) is 14.0. The molecule has 0 saturated carbocycles. The van der Waals surface area contributed by atoms with Gasteiger partial charge in [-0.1, -0.05) is 11.3 Å². The van der Waals surface area contributed by atoms with Crippen molar-refractivity contribution in [3.63, 3.8) is 0 Å². The molecule has 6 nitrogen and oxygen atoms in total. The van der Waals surface area contributed by atoms with Crippen molar-refractivity contribution >= 4 is 39.5 Å². The summed E-state index contributed by atoms with van der Waals surface area (Å²) in [5, 5.41) is 6.35. The van der Waals surface area contributed by atoms with Gasteiger partial charge in [-0.15, -0.1) is 11.3 Å². The third kappa shape index (κ3) is 3.21. The maximum Gasteiger partial charge on any atom is 0.265 e. The van der Waals surface area contributed by atoms with Crippen LogP contribution in [0.5, 0.6) is 0 Å². The van der Waals surface area contributed by atoms with Gasteiger partial charge < -0.3 is 16.0 Å². The first kappa shape index (κ1) is 13.8. The Morgan fingerprint density at radius 3 is 2.74 bits per heavy atom. The van der Waals surface area contributed by atoms with Gasteiger partial charge >= 0.3 is 0 Å². The molecule has 2 aromatic heterocycles. The standard InChI is InChI=1S/C11H15N5OS2/c1-6-5-18-7(14-6)4-13-10(17)8-9(12)15-11(19-8)16(2)3/h5H,4,12H2,1-3H3,(H,13,17). The largest absolute Gasteiger partial charge is 0.382 e. The second-order valence-electron chi connectivity index (χ2n) is 4.17. The van der Waals surface area contributed by atoms with Crippen molar-refractivity contribution in [2.75, 3.05) is 24.7 Å². The molecule has 102 valence electrons. The third-order valence-electron chi connectivity index (χ3n) is 2.30. The highest BCUT2D eigenvalue weighted by molar-refractivity contribution is 7.18. The molecule has 0 aliphatic carbocycles. The number of rotatable bonds is 4. The first-order chi connectivity index (χ1) is 8.97. The number of hydrogen-bond donors (Lipinski definition) is 2. The zero-order valence-electron chi connectivity index (χ0n) is 10.9. The summed E-state index contributed by atoms with van der Waals surface area (Å²) < 4.78 is 0. The van der Waals surface area contributed by atoms with Crippen molar-refractivity contribution in [2.24, 2.45) is 0 Å². The molecular weight excluding hydrogens is 282 g/mol. The minimum absolute atomic E-state index is 0.212. The number of nitrogens with one attached hydrogen (secondary N) is 1. The van der Waals surface area contributed by atoms with E-state index < -0.39 is 0 Å². The van der Waals surface area contributed by atoms with Crippen molar-refractivity contribution < 1.29 is 4.79 Å². The van der Waals surface area contributed by atoms with Gasteiger partial charge in [0.25, 0.3) is 5.91 Å². The van der Waals surface area contributed by atoms with Crippen LogP contribution in [0, 0.1) is 6.92 Å². The second-order valence-corrected chi connectivity index (χ2v) is 6.09. The van der Waals surface area contributed by atoms with Crippen molar-refractivity contribution in [1.82, 2.24) is 15.3 Å². The van der Waals surface area contributed by atoms with Gasteiger partial charge in [-0.25, -0.2) is 9.97 Å². The van der Waals surface area contributed by atoms with E-state index in [0.29, 0.717) is 16.6 Å². The van der Waals surface area contributed by atoms with Crippen LogP contribution in [0.2, 0.25) is 0 Å². The van der Waals surface area contributed by atoms with Gasteiger partial charge in [0.1, 0.15) is 15.7 Å². The predicted molar refractivity (Wildman–Crippen MR) is 78.9 cm³/mol. The molecule has 3 N–H and O–H groups in total. The Balaban J connectivity index is 2.03. The van der Waals surface area contributed by atoms with Crippen LogP contribution in [0.4, 0.5) is 10.9 Å². The Labute approximate surface area is 119 Å². The molecule has 8 heteroatoms. The van der Waals surface area contributed by atoms with Crippen molar-refractivity contribution in [2.45, 2.75) is 13.5 Å². The molecule has 0 aromatic carbocycles. The summed E-state index contributed by atoms with van der Waals surface area (Å²) in [6, 6.07) is 0. The Morgan fingerprint density at radius 2 is 2.21 bits per heavy atom. The average Bonchev–Trinajstić information content (AvgIpc) is 2.92. The van der Waals surface area contributed by atoms with E-state index in [4.69, 9.17) is 5.73 Å². The maximum absolute atomic E-state index is 12.0. The third-order valence-corrected chi connectivity index (χ3v) is 4.50. The van der Waals surface area contributed by atoms with Crippen LogP contribution < -0.4 is 16.0 Å². The van der Waals surface area contributed by atoms with Crippen LogP contribution in [0.25, 0.3) is 0 Å². The molecule has 0 atom stereocenters. The number of nitrogen functional groups attached to an aromatic ring is 1. The smallest absolute Gasteiger partial charge is 0.265 e. The topological polar surface area (TPSA) is 84.1 Å².